The smallest absolute Gasteiger partial charge is 0.218 e. The zero-order valence-corrected chi connectivity index (χ0v) is 10.6. The molecular weight excluding hydrogens is 214 g/mol. The fraction of sp³-hybridized carbons (Fsp3) is 0.692. The maximum Gasteiger partial charge on any atom is 0.218 e. The van der Waals surface area contributed by atoms with Gasteiger partial charge in [-0.3, -0.25) is 0 Å². The van der Waals surface area contributed by atoms with E-state index in [1.165, 1.54) is 19.3 Å². The van der Waals surface area contributed by atoms with Crippen LogP contribution in [-0.4, -0.2) is 16.6 Å². The summed E-state index contributed by atoms with van der Waals surface area (Å²) in [7, 11) is 0. The van der Waals surface area contributed by atoms with Crippen molar-refractivity contribution in [3.05, 3.63) is 11.9 Å². The van der Waals surface area contributed by atoms with Gasteiger partial charge in [0, 0.05) is 12.0 Å². The van der Waals surface area contributed by atoms with Gasteiger partial charge >= 0.3 is 0 Å². The Labute approximate surface area is 103 Å². The summed E-state index contributed by atoms with van der Waals surface area (Å²) in [4.78, 5) is 8.64. The van der Waals surface area contributed by atoms with E-state index in [9.17, 15) is 0 Å². The number of nitrogens with two attached hydrogens (primary N) is 1. The highest BCUT2D eigenvalue weighted by Crippen LogP contribution is 2.38. The van der Waals surface area contributed by atoms with E-state index >= 15 is 0 Å². The zero-order chi connectivity index (χ0) is 12.3. The normalized spacial score (nSPS) is 15.2. The Morgan fingerprint density at radius 3 is 2.82 bits per heavy atom. The van der Waals surface area contributed by atoms with Crippen LogP contribution in [0.3, 0.4) is 0 Å². The number of nitrogens with zero attached hydrogens (tertiary/aromatic N) is 2. The fourth-order valence-corrected chi connectivity index (χ4v) is 1.73. The van der Waals surface area contributed by atoms with Crippen molar-refractivity contribution in [3.8, 4) is 5.88 Å². The zero-order valence-electron chi connectivity index (χ0n) is 10.6. The van der Waals surface area contributed by atoms with Crippen LogP contribution in [0.25, 0.3) is 0 Å². The molecule has 1 aromatic heterocycles. The third-order valence-corrected chi connectivity index (χ3v) is 2.86. The van der Waals surface area contributed by atoms with Crippen LogP contribution < -0.4 is 10.5 Å². The summed E-state index contributed by atoms with van der Waals surface area (Å²) in [5.74, 6) is 3.22. The lowest BCUT2D eigenvalue weighted by Crippen LogP contribution is -2.05. The van der Waals surface area contributed by atoms with Crippen LogP contribution >= 0.6 is 0 Å². The molecule has 0 saturated heterocycles. The quantitative estimate of drug-likeness (QED) is 0.770. The van der Waals surface area contributed by atoms with E-state index in [4.69, 9.17) is 10.5 Å². The molecule has 1 heterocycles. The maximum absolute atomic E-state index is 5.75. The van der Waals surface area contributed by atoms with Gasteiger partial charge < -0.3 is 10.5 Å². The summed E-state index contributed by atoms with van der Waals surface area (Å²) in [6.07, 6.45) is 4.59. The van der Waals surface area contributed by atoms with Crippen LogP contribution in [-0.2, 0) is 0 Å². The first kappa shape index (κ1) is 12.1. The van der Waals surface area contributed by atoms with Gasteiger partial charge in [0.2, 0.25) is 5.88 Å². The molecule has 1 aromatic rings. The summed E-state index contributed by atoms with van der Waals surface area (Å²) >= 11 is 0. The first-order valence-electron chi connectivity index (χ1n) is 6.42. The molecule has 0 amide bonds. The van der Waals surface area contributed by atoms with Crippen molar-refractivity contribution in [2.45, 2.75) is 45.4 Å². The summed E-state index contributed by atoms with van der Waals surface area (Å²) in [5, 5.41) is 0. The highest BCUT2D eigenvalue weighted by atomic mass is 16.5. The lowest BCUT2D eigenvalue weighted by Gasteiger charge is -2.08. The van der Waals surface area contributed by atoms with Crippen LogP contribution in [0.2, 0.25) is 0 Å². The van der Waals surface area contributed by atoms with Gasteiger partial charge in [-0.15, -0.1) is 0 Å². The number of aromatic nitrogens is 2. The van der Waals surface area contributed by atoms with Crippen molar-refractivity contribution in [3.63, 3.8) is 0 Å². The van der Waals surface area contributed by atoms with Crippen molar-refractivity contribution in [2.24, 2.45) is 5.92 Å². The second-order valence-corrected chi connectivity index (χ2v) is 5.15. The van der Waals surface area contributed by atoms with Crippen molar-refractivity contribution in [1.29, 1.82) is 0 Å². The molecule has 0 bridgehead atoms. The largest absolute Gasteiger partial charge is 0.478 e. The van der Waals surface area contributed by atoms with Gasteiger partial charge in [0.05, 0.1) is 6.61 Å². The van der Waals surface area contributed by atoms with Crippen LogP contribution in [0.4, 0.5) is 5.82 Å². The molecule has 0 atom stereocenters. The molecule has 94 valence electrons. The molecule has 0 spiro atoms. The standard InChI is InChI=1S/C13H21N3O/c1-9(2)4-3-7-17-12-8-11(14)15-13(16-12)10-5-6-10/h8-10H,3-7H2,1-2H3,(H2,14,15,16). The summed E-state index contributed by atoms with van der Waals surface area (Å²) in [5.41, 5.74) is 5.75. The summed E-state index contributed by atoms with van der Waals surface area (Å²) < 4.78 is 5.62. The molecule has 0 radical (unpaired) electrons. The van der Waals surface area contributed by atoms with Gasteiger partial charge in [-0.05, 0) is 31.6 Å². The van der Waals surface area contributed by atoms with E-state index in [1.807, 2.05) is 0 Å². The van der Waals surface area contributed by atoms with Gasteiger partial charge in [-0.1, -0.05) is 13.8 Å². The van der Waals surface area contributed by atoms with E-state index in [0.29, 0.717) is 24.2 Å². The Kier molecular flexibility index (Phi) is 3.82. The Bertz CT molecular complexity index is 375. The topological polar surface area (TPSA) is 61.0 Å². The van der Waals surface area contributed by atoms with Crippen LogP contribution in [0.15, 0.2) is 6.07 Å². The first-order chi connectivity index (χ1) is 8.15. The molecule has 4 heteroatoms. The van der Waals surface area contributed by atoms with E-state index in [1.54, 1.807) is 6.07 Å². The monoisotopic (exact) mass is 235 g/mol. The first-order valence-corrected chi connectivity index (χ1v) is 6.42. The third-order valence-electron chi connectivity index (χ3n) is 2.86. The molecular formula is C13H21N3O. The number of nitrogen functional groups attached to an aromatic ring is 1. The highest BCUT2D eigenvalue weighted by molar-refractivity contribution is 5.34. The molecule has 2 rings (SSSR count). The molecule has 1 aliphatic rings. The molecule has 1 aliphatic carbocycles. The summed E-state index contributed by atoms with van der Waals surface area (Å²) in [6, 6.07) is 1.71. The molecule has 1 saturated carbocycles. The van der Waals surface area contributed by atoms with Crippen molar-refractivity contribution in [2.75, 3.05) is 12.3 Å². The van der Waals surface area contributed by atoms with Crippen molar-refractivity contribution >= 4 is 5.82 Å². The van der Waals surface area contributed by atoms with Gasteiger partial charge in [0.15, 0.2) is 0 Å². The number of rotatable bonds is 6. The van der Waals surface area contributed by atoms with Crippen molar-refractivity contribution in [1.82, 2.24) is 9.97 Å². The molecule has 0 aliphatic heterocycles. The lowest BCUT2D eigenvalue weighted by atomic mass is 10.1. The second kappa shape index (κ2) is 5.34. The van der Waals surface area contributed by atoms with Crippen LogP contribution in [0.5, 0.6) is 5.88 Å². The highest BCUT2D eigenvalue weighted by Gasteiger charge is 2.27. The second-order valence-electron chi connectivity index (χ2n) is 5.15. The molecule has 0 unspecified atom stereocenters. The van der Waals surface area contributed by atoms with Crippen molar-refractivity contribution < 1.29 is 4.74 Å². The molecule has 0 aromatic carbocycles. The number of ether oxygens (including phenoxy) is 1. The minimum Gasteiger partial charge on any atom is -0.478 e. The molecule has 17 heavy (non-hydrogen) atoms. The maximum atomic E-state index is 5.75. The summed E-state index contributed by atoms with van der Waals surface area (Å²) in [6.45, 7) is 5.14. The average Bonchev–Trinajstić information content (AvgIpc) is 3.07. The minimum atomic E-state index is 0.511. The number of hydrogen-bond acceptors (Lipinski definition) is 4. The number of hydrogen-bond donors (Lipinski definition) is 1. The average molecular weight is 235 g/mol. The SMILES string of the molecule is CC(C)CCCOc1cc(N)nc(C2CC2)n1. The predicted molar refractivity (Wildman–Crippen MR) is 68.0 cm³/mol. The van der Waals surface area contributed by atoms with E-state index in [-0.39, 0.29) is 0 Å². The van der Waals surface area contributed by atoms with Gasteiger partial charge in [0.1, 0.15) is 11.6 Å². The minimum absolute atomic E-state index is 0.511. The van der Waals surface area contributed by atoms with E-state index < -0.39 is 0 Å². The predicted octanol–water partition coefficient (Wildman–Crippen LogP) is 2.75. The van der Waals surface area contributed by atoms with Crippen LogP contribution in [0, 0.1) is 5.92 Å². The fourth-order valence-electron chi connectivity index (χ4n) is 1.73. The Morgan fingerprint density at radius 2 is 2.18 bits per heavy atom. The third kappa shape index (κ3) is 3.88. The van der Waals surface area contributed by atoms with Gasteiger partial charge in [-0.2, -0.15) is 4.98 Å². The molecule has 4 nitrogen and oxygen atoms in total. The Hall–Kier alpha value is -1.32. The van der Waals surface area contributed by atoms with E-state index in [2.05, 4.69) is 23.8 Å². The Balaban J connectivity index is 1.87. The lowest BCUT2D eigenvalue weighted by molar-refractivity contribution is 0.286. The van der Waals surface area contributed by atoms with Gasteiger partial charge in [-0.25, -0.2) is 4.98 Å². The number of anilines is 1. The van der Waals surface area contributed by atoms with Gasteiger partial charge in [0.25, 0.3) is 0 Å². The molecule has 2 N–H and O–H groups in total. The molecule has 1 fully saturated rings. The Morgan fingerprint density at radius 1 is 1.41 bits per heavy atom. The van der Waals surface area contributed by atoms with E-state index in [0.717, 1.165) is 18.2 Å². The van der Waals surface area contributed by atoms with Crippen LogP contribution in [0.1, 0.15) is 51.3 Å².